The van der Waals surface area contributed by atoms with Crippen molar-refractivity contribution >= 4 is 17.3 Å². The number of anilines is 1. The Hall–Kier alpha value is -2.69. The molecule has 0 aliphatic carbocycles. The van der Waals surface area contributed by atoms with Crippen LogP contribution in [0.15, 0.2) is 42.5 Å². The maximum Gasteiger partial charge on any atom is 0.291 e. The third-order valence-electron chi connectivity index (χ3n) is 3.90. The molecule has 0 atom stereocenters. The number of halogens is 1. The molecule has 0 aromatic heterocycles. The van der Waals surface area contributed by atoms with E-state index in [1.165, 1.54) is 6.07 Å². The first-order valence-electron chi connectivity index (χ1n) is 7.48. The Morgan fingerprint density at radius 1 is 1.13 bits per heavy atom. The molecule has 0 fully saturated rings. The van der Waals surface area contributed by atoms with Crippen LogP contribution in [0.2, 0.25) is 0 Å². The monoisotopic (exact) mass is 312 g/mol. The number of hydrogen-bond acceptors (Lipinski definition) is 2. The van der Waals surface area contributed by atoms with Gasteiger partial charge >= 0.3 is 0 Å². The normalized spacial score (nSPS) is 14.5. The number of para-hydroxylation sites is 1. The lowest BCUT2D eigenvalue weighted by atomic mass is 9.93. The average Bonchev–Trinajstić information content (AvgIpc) is 2.62. The van der Waals surface area contributed by atoms with Crippen LogP contribution >= 0.6 is 0 Å². The number of hydrogen-bond donors (Lipinski definition) is 1. The fourth-order valence-corrected chi connectivity index (χ4v) is 2.84. The Balaban J connectivity index is 2.32. The minimum absolute atomic E-state index is 0.158. The van der Waals surface area contributed by atoms with Crippen molar-refractivity contribution in [1.29, 1.82) is 0 Å². The molecule has 1 amide bonds. The molecule has 3 rings (SSSR count). The van der Waals surface area contributed by atoms with E-state index in [-0.39, 0.29) is 23.7 Å². The van der Waals surface area contributed by atoms with E-state index in [1.807, 2.05) is 26.0 Å². The van der Waals surface area contributed by atoms with E-state index in [0.717, 1.165) is 5.56 Å². The van der Waals surface area contributed by atoms with Crippen LogP contribution in [0.1, 0.15) is 36.5 Å². The van der Waals surface area contributed by atoms with E-state index in [2.05, 4.69) is 5.32 Å². The van der Waals surface area contributed by atoms with Crippen LogP contribution in [0.5, 0.6) is 0 Å². The molecule has 0 unspecified atom stereocenters. The predicted octanol–water partition coefficient (Wildman–Crippen LogP) is 3.25. The van der Waals surface area contributed by atoms with Gasteiger partial charge in [-0.2, -0.15) is 4.74 Å². The molecule has 23 heavy (non-hydrogen) atoms. The summed E-state index contributed by atoms with van der Waals surface area (Å²) in [6.07, 6.45) is 0. The lowest BCUT2D eigenvalue weighted by Gasteiger charge is -2.15. The van der Waals surface area contributed by atoms with E-state index in [4.69, 9.17) is 0 Å². The molecule has 0 radical (unpaired) electrons. The van der Waals surface area contributed by atoms with Crippen molar-refractivity contribution in [1.82, 2.24) is 0 Å². The SMILES string of the molecule is CC(C)c1cccc2c1NC(=O)C[N+]([O-])=C2c1ccccc1F. The number of benzene rings is 2. The van der Waals surface area contributed by atoms with Gasteiger partial charge in [-0.05, 0) is 29.7 Å². The smallest absolute Gasteiger partial charge is 0.291 e. The number of nitrogens with one attached hydrogen (secondary N) is 1. The molecule has 2 aromatic carbocycles. The molecule has 1 N–H and O–H groups in total. The summed E-state index contributed by atoms with van der Waals surface area (Å²) in [5, 5.41) is 15.3. The largest absolute Gasteiger partial charge is 0.623 e. The summed E-state index contributed by atoms with van der Waals surface area (Å²) in [6.45, 7) is 3.64. The molecule has 1 aliphatic heterocycles. The molecular weight excluding hydrogens is 295 g/mol. The summed E-state index contributed by atoms with van der Waals surface area (Å²) < 4.78 is 14.8. The van der Waals surface area contributed by atoms with Crippen molar-refractivity contribution in [2.24, 2.45) is 0 Å². The molecule has 0 spiro atoms. The highest BCUT2D eigenvalue weighted by Crippen LogP contribution is 2.31. The van der Waals surface area contributed by atoms with Crippen molar-refractivity contribution in [2.75, 3.05) is 11.9 Å². The van der Waals surface area contributed by atoms with Crippen molar-refractivity contribution in [3.63, 3.8) is 0 Å². The zero-order valence-electron chi connectivity index (χ0n) is 13.0. The van der Waals surface area contributed by atoms with Crippen LogP contribution in [0.3, 0.4) is 0 Å². The molecule has 0 bridgehead atoms. The van der Waals surface area contributed by atoms with Gasteiger partial charge in [0, 0.05) is 0 Å². The van der Waals surface area contributed by atoms with Crippen LogP contribution in [-0.4, -0.2) is 22.9 Å². The molecule has 1 heterocycles. The number of rotatable bonds is 2. The van der Waals surface area contributed by atoms with E-state index < -0.39 is 11.7 Å². The van der Waals surface area contributed by atoms with Crippen LogP contribution < -0.4 is 5.32 Å². The third-order valence-corrected chi connectivity index (χ3v) is 3.90. The molecule has 118 valence electrons. The first kappa shape index (κ1) is 15.2. The summed E-state index contributed by atoms with van der Waals surface area (Å²) in [6, 6.07) is 11.6. The van der Waals surface area contributed by atoms with Gasteiger partial charge in [0.15, 0.2) is 0 Å². The number of benzodiazepines with no additional fused rings is 1. The fraction of sp³-hybridized carbons (Fsp3) is 0.222. The molecule has 2 aromatic rings. The third kappa shape index (κ3) is 2.70. The second-order valence-corrected chi connectivity index (χ2v) is 5.84. The lowest BCUT2D eigenvalue weighted by molar-refractivity contribution is -0.443. The van der Waals surface area contributed by atoms with Crippen molar-refractivity contribution in [2.45, 2.75) is 19.8 Å². The summed E-state index contributed by atoms with van der Waals surface area (Å²) in [5.41, 5.74) is 2.42. The van der Waals surface area contributed by atoms with Gasteiger partial charge in [-0.15, -0.1) is 0 Å². The maximum atomic E-state index is 14.2. The fourth-order valence-electron chi connectivity index (χ4n) is 2.84. The van der Waals surface area contributed by atoms with E-state index in [1.54, 1.807) is 24.3 Å². The van der Waals surface area contributed by atoms with Crippen LogP contribution in [-0.2, 0) is 4.79 Å². The first-order chi connectivity index (χ1) is 11.0. The molecule has 5 heteroatoms. The van der Waals surface area contributed by atoms with Crippen LogP contribution in [0.4, 0.5) is 10.1 Å². The number of nitrogens with zero attached hydrogens (tertiary/aromatic N) is 1. The van der Waals surface area contributed by atoms with Gasteiger partial charge in [-0.3, -0.25) is 4.79 Å². The van der Waals surface area contributed by atoms with Gasteiger partial charge in [-0.1, -0.05) is 38.1 Å². The minimum Gasteiger partial charge on any atom is -0.623 e. The summed E-state index contributed by atoms with van der Waals surface area (Å²) in [4.78, 5) is 12.0. The quantitative estimate of drug-likeness (QED) is 0.683. The predicted molar refractivity (Wildman–Crippen MR) is 87.3 cm³/mol. The van der Waals surface area contributed by atoms with Crippen molar-refractivity contribution < 1.29 is 13.9 Å². The zero-order valence-corrected chi connectivity index (χ0v) is 13.0. The zero-order chi connectivity index (χ0) is 16.6. The van der Waals surface area contributed by atoms with E-state index in [9.17, 15) is 14.4 Å². The number of amides is 1. The highest BCUT2D eigenvalue weighted by Gasteiger charge is 2.29. The number of fused-ring (bicyclic) bond motifs is 1. The van der Waals surface area contributed by atoms with E-state index in [0.29, 0.717) is 16.0 Å². The topological polar surface area (TPSA) is 55.2 Å². The summed E-state index contributed by atoms with van der Waals surface area (Å²) >= 11 is 0. The summed E-state index contributed by atoms with van der Waals surface area (Å²) in [5.74, 6) is -0.732. The average molecular weight is 312 g/mol. The van der Waals surface area contributed by atoms with E-state index >= 15 is 0 Å². The molecule has 1 aliphatic rings. The van der Waals surface area contributed by atoms with Gasteiger partial charge in [0.1, 0.15) is 5.82 Å². The molecule has 0 saturated carbocycles. The van der Waals surface area contributed by atoms with Gasteiger partial charge in [0.05, 0.1) is 16.8 Å². The van der Waals surface area contributed by atoms with Crippen molar-refractivity contribution in [3.05, 3.63) is 70.2 Å². The minimum atomic E-state index is -0.487. The van der Waals surface area contributed by atoms with Gasteiger partial charge < -0.3 is 10.5 Å². The van der Waals surface area contributed by atoms with Gasteiger partial charge in [0.25, 0.3) is 5.91 Å². The maximum absolute atomic E-state index is 14.2. The summed E-state index contributed by atoms with van der Waals surface area (Å²) in [7, 11) is 0. The Labute approximate surface area is 133 Å². The van der Waals surface area contributed by atoms with Gasteiger partial charge in [0.2, 0.25) is 12.3 Å². The number of carbonyl (C=O) groups is 1. The highest BCUT2D eigenvalue weighted by molar-refractivity contribution is 6.16. The molecular formula is C18H17FN2O2. The molecule has 0 saturated heterocycles. The Kier molecular flexibility index (Phi) is 3.86. The second-order valence-electron chi connectivity index (χ2n) is 5.84. The van der Waals surface area contributed by atoms with Crippen LogP contribution in [0.25, 0.3) is 0 Å². The number of hydroxylamine groups is 1. The van der Waals surface area contributed by atoms with Gasteiger partial charge in [-0.25, -0.2) is 4.39 Å². The Morgan fingerprint density at radius 3 is 2.52 bits per heavy atom. The van der Waals surface area contributed by atoms with Crippen LogP contribution in [0, 0.1) is 11.0 Å². The highest BCUT2D eigenvalue weighted by atomic mass is 19.1. The van der Waals surface area contributed by atoms with Crippen molar-refractivity contribution in [3.8, 4) is 0 Å². The Morgan fingerprint density at radius 2 is 1.83 bits per heavy atom. The number of carbonyl (C=O) groups excluding carboxylic acids is 1. The molecule has 4 nitrogen and oxygen atoms in total. The lowest BCUT2D eigenvalue weighted by Crippen LogP contribution is -2.24. The first-order valence-corrected chi connectivity index (χ1v) is 7.48. The second kappa shape index (κ2) is 5.83. The Bertz CT molecular complexity index is 812. The standard InChI is InChI=1S/C18H17FN2O2/c1-11(2)12-7-5-8-14-17(12)20-16(22)10-21(23)18(14)13-6-3-4-9-15(13)19/h3-9,11H,10H2,1-2H3,(H,20,22).